The Bertz CT molecular complexity index is 320. The summed E-state index contributed by atoms with van der Waals surface area (Å²) in [5.74, 6) is -1.08. The Morgan fingerprint density at radius 2 is 2.00 bits per heavy atom. The minimum Gasteiger partial charge on any atom is -0.550 e. The second kappa shape index (κ2) is 9.82. The van der Waals surface area contributed by atoms with Crippen LogP contribution in [0.2, 0.25) is 0 Å². The molecule has 1 heterocycles. The molecule has 0 bridgehead atoms. The van der Waals surface area contributed by atoms with Crippen molar-refractivity contribution in [2.75, 3.05) is 0 Å². The van der Waals surface area contributed by atoms with E-state index >= 15 is 0 Å². The highest BCUT2D eigenvalue weighted by atomic mass is 16.4. The monoisotopic (exact) mass is 237 g/mol. The molecular formula is C14H23NO2. The van der Waals surface area contributed by atoms with E-state index in [1.54, 1.807) is 0 Å². The maximum Gasteiger partial charge on any atom is 0.171 e. The smallest absolute Gasteiger partial charge is 0.171 e. The number of nitrogens with zero attached hydrogens (tertiary/aromatic N) is 1. The van der Waals surface area contributed by atoms with E-state index in [4.69, 9.17) is 9.90 Å². The van der Waals surface area contributed by atoms with Crippen molar-refractivity contribution in [2.24, 2.45) is 0 Å². The Morgan fingerprint density at radius 3 is 2.53 bits per heavy atom. The Labute approximate surface area is 104 Å². The summed E-state index contributed by atoms with van der Waals surface area (Å²) >= 11 is 0. The van der Waals surface area contributed by atoms with E-state index in [2.05, 4.69) is 42.9 Å². The molecule has 96 valence electrons. The summed E-state index contributed by atoms with van der Waals surface area (Å²) in [7, 11) is 0. The maximum absolute atomic E-state index is 8.89. The number of rotatable bonds is 5. The predicted octanol–water partition coefficient (Wildman–Crippen LogP) is 1.48. The van der Waals surface area contributed by atoms with Crippen molar-refractivity contribution in [1.82, 2.24) is 0 Å². The summed E-state index contributed by atoms with van der Waals surface area (Å²) in [4.78, 5) is 8.89. The molecule has 3 heteroatoms. The number of hydrogen-bond donors (Lipinski definition) is 0. The molecular weight excluding hydrogens is 214 g/mol. The number of hydrogen-bond acceptors (Lipinski definition) is 2. The van der Waals surface area contributed by atoms with Gasteiger partial charge in [0.25, 0.3) is 0 Å². The second-order valence-corrected chi connectivity index (χ2v) is 4.05. The maximum atomic E-state index is 8.89. The SMILES string of the molecule is CC(=O)[O-].CCCCc1ccc[n+](CCC)c1. The van der Waals surface area contributed by atoms with Crippen LogP contribution in [0, 0.1) is 0 Å². The van der Waals surface area contributed by atoms with Crippen molar-refractivity contribution in [3.8, 4) is 0 Å². The average Bonchev–Trinajstić information content (AvgIpc) is 2.27. The van der Waals surface area contributed by atoms with Gasteiger partial charge in [0.2, 0.25) is 0 Å². The highest BCUT2D eigenvalue weighted by Crippen LogP contribution is 2.01. The van der Waals surface area contributed by atoms with Crippen molar-refractivity contribution in [3.63, 3.8) is 0 Å². The number of unbranched alkanes of at least 4 members (excludes halogenated alkanes) is 1. The Morgan fingerprint density at radius 1 is 1.35 bits per heavy atom. The van der Waals surface area contributed by atoms with Gasteiger partial charge in [-0.15, -0.1) is 0 Å². The Balaban J connectivity index is 0.000000557. The average molecular weight is 237 g/mol. The first kappa shape index (κ1) is 15.6. The van der Waals surface area contributed by atoms with Crippen LogP contribution < -0.4 is 9.67 Å². The Hall–Kier alpha value is -1.38. The van der Waals surface area contributed by atoms with Crippen LogP contribution in [0.15, 0.2) is 24.5 Å². The van der Waals surface area contributed by atoms with Crippen LogP contribution in [0.25, 0.3) is 0 Å². The van der Waals surface area contributed by atoms with Crippen LogP contribution in [-0.2, 0) is 17.8 Å². The summed E-state index contributed by atoms with van der Waals surface area (Å²) in [5, 5.41) is 8.89. The molecule has 0 saturated carbocycles. The van der Waals surface area contributed by atoms with Gasteiger partial charge in [0, 0.05) is 24.0 Å². The normalized spacial score (nSPS) is 9.35. The van der Waals surface area contributed by atoms with E-state index in [9.17, 15) is 0 Å². The van der Waals surface area contributed by atoms with Crippen LogP contribution in [0.3, 0.4) is 0 Å². The molecule has 17 heavy (non-hydrogen) atoms. The number of carbonyl (C=O) groups is 1. The molecule has 0 aliphatic rings. The standard InChI is InChI=1S/C12H20N.C2H4O2/c1-3-5-7-12-8-6-10-13(11-12)9-4-2;1-2(3)4/h6,8,10-11H,3-5,7,9H2,1-2H3;1H3,(H,3,4)/q+1;/p-1. The van der Waals surface area contributed by atoms with Crippen molar-refractivity contribution in [1.29, 1.82) is 0 Å². The van der Waals surface area contributed by atoms with Crippen LogP contribution in [0.5, 0.6) is 0 Å². The predicted molar refractivity (Wildman–Crippen MR) is 66.2 cm³/mol. The fourth-order valence-corrected chi connectivity index (χ4v) is 1.50. The highest BCUT2D eigenvalue weighted by Gasteiger charge is 2.00. The minimum absolute atomic E-state index is 0.972. The van der Waals surface area contributed by atoms with Gasteiger partial charge in [-0.25, -0.2) is 4.57 Å². The molecule has 0 amide bonds. The van der Waals surface area contributed by atoms with E-state index in [1.165, 1.54) is 31.2 Å². The van der Waals surface area contributed by atoms with Gasteiger partial charge in [-0.2, -0.15) is 0 Å². The zero-order chi connectivity index (χ0) is 13.1. The number of aryl methyl sites for hydroxylation is 2. The quantitative estimate of drug-likeness (QED) is 0.728. The number of carbonyl (C=O) groups excluding carboxylic acids is 1. The summed E-state index contributed by atoms with van der Waals surface area (Å²) in [5.41, 5.74) is 1.47. The highest BCUT2D eigenvalue weighted by molar-refractivity contribution is 5.60. The summed E-state index contributed by atoms with van der Waals surface area (Å²) < 4.78 is 2.28. The van der Waals surface area contributed by atoms with E-state index in [0.717, 1.165) is 13.5 Å². The number of carboxylic acids is 1. The fraction of sp³-hybridized carbons (Fsp3) is 0.571. The van der Waals surface area contributed by atoms with E-state index < -0.39 is 5.97 Å². The fourth-order valence-electron chi connectivity index (χ4n) is 1.50. The molecule has 0 fully saturated rings. The lowest BCUT2D eigenvalue weighted by Crippen LogP contribution is -2.32. The third-order valence-electron chi connectivity index (χ3n) is 2.22. The zero-order valence-corrected chi connectivity index (χ0v) is 11.1. The molecule has 0 aliphatic heterocycles. The molecule has 0 N–H and O–H groups in total. The first-order chi connectivity index (χ1) is 8.10. The van der Waals surface area contributed by atoms with Gasteiger partial charge in [-0.3, -0.25) is 0 Å². The molecule has 1 rings (SSSR count). The van der Waals surface area contributed by atoms with Crippen LogP contribution in [0.1, 0.15) is 45.6 Å². The largest absolute Gasteiger partial charge is 0.550 e. The van der Waals surface area contributed by atoms with E-state index in [1.807, 2.05) is 0 Å². The second-order valence-electron chi connectivity index (χ2n) is 4.05. The number of aliphatic carboxylic acids is 1. The van der Waals surface area contributed by atoms with Crippen LogP contribution in [0.4, 0.5) is 0 Å². The molecule has 0 atom stereocenters. The van der Waals surface area contributed by atoms with Crippen molar-refractivity contribution in [2.45, 2.75) is 53.0 Å². The topological polar surface area (TPSA) is 44.0 Å². The van der Waals surface area contributed by atoms with Gasteiger partial charge in [0.15, 0.2) is 12.4 Å². The lowest BCUT2D eigenvalue weighted by atomic mass is 10.1. The van der Waals surface area contributed by atoms with Crippen LogP contribution in [-0.4, -0.2) is 5.97 Å². The molecule has 0 radical (unpaired) electrons. The molecule has 0 saturated heterocycles. The number of pyridine rings is 1. The lowest BCUT2D eigenvalue weighted by Gasteiger charge is -1.98. The molecule has 1 aromatic heterocycles. The number of carboxylic acid groups (broad SMARTS) is 1. The van der Waals surface area contributed by atoms with Gasteiger partial charge in [0.05, 0.1) is 0 Å². The lowest BCUT2D eigenvalue weighted by molar-refractivity contribution is -0.697. The van der Waals surface area contributed by atoms with Gasteiger partial charge < -0.3 is 9.90 Å². The summed E-state index contributed by atoms with van der Waals surface area (Å²) in [6, 6.07) is 4.38. The molecule has 1 aromatic rings. The first-order valence-electron chi connectivity index (χ1n) is 6.25. The molecule has 3 nitrogen and oxygen atoms in total. The van der Waals surface area contributed by atoms with E-state index in [0.29, 0.717) is 0 Å². The molecule has 0 aromatic carbocycles. The van der Waals surface area contributed by atoms with E-state index in [-0.39, 0.29) is 0 Å². The van der Waals surface area contributed by atoms with Gasteiger partial charge in [-0.1, -0.05) is 20.3 Å². The van der Waals surface area contributed by atoms with Crippen molar-refractivity contribution < 1.29 is 14.5 Å². The minimum atomic E-state index is -1.08. The van der Waals surface area contributed by atoms with Gasteiger partial charge in [-0.05, 0) is 25.8 Å². The first-order valence-corrected chi connectivity index (χ1v) is 6.25. The Kier molecular flexibility index (Phi) is 9.02. The third-order valence-corrected chi connectivity index (χ3v) is 2.22. The third kappa shape index (κ3) is 9.54. The summed E-state index contributed by atoms with van der Waals surface area (Å²) in [6.45, 7) is 6.56. The zero-order valence-electron chi connectivity index (χ0n) is 11.1. The van der Waals surface area contributed by atoms with Crippen molar-refractivity contribution in [3.05, 3.63) is 30.1 Å². The molecule has 0 unspecified atom stereocenters. The summed E-state index contributed by atoms with van der Waals surface area (Å²) in [6.07, 6.45) is 9.44. The molecule has 0 spiro atoms. The van der Waals surface area contributed by atoms with Crippen LogP contribution >= 0.6 is 0 Å². The molecule has 0 aliphatic carbocycles. The number of aromatic nitrogens is 1. The van der Waals surface area contributed by atoms with Gasteiger partial charge in [0.1, 0.15) is 6.54 Å². The van der Waals surface area contributed by atoms with Crippen molar-refractivity contribution >= 4 is 5.97 Å². The van der Waals surface area contributed by atoms with Gasteiger partial charge >= 0.3 is 0 Å².